The molecule has 1 aliphatic rings. The second-order valence-corrected chi connectivity index (χ2v) is 3.62. The fourth-order valence-corrected chi connectivity index (χ4v) is 1.85. The molecule has 17 heavy (non-hydrogen) atoms. The van der Waals surface area contributed by atoms with Crippen molar-refractivity contribution in [1.29, 1.82) is 0 Å². The van der Waals surface area contributed by atoms with E-state index in [-0.39, 0.29) is 12.3 Å². The average Bonchev–Trinajstić information content (AvgIpc) is 2.72. The van der Waals surface area contributed by atoms with Crippen molar-refractivity contribution in [1.82, 2.24) is 9.55 Å². The second kappa shape index (κ2) is 3.31. The summed E-state index contributed by atoms with van der Waals surface area (Å²) in [5.41, 5.74) is 1.00. The molecule has 1 aromatic heterocycles. The van der Waals surface area contributed by atoms with Gasteiger partial charge in [0.15, 0.2) is 5.69 Å². The molecule has 0 fully saturated rings. The predicted molar refractivity (Wildman–Crippen MR) is 54.8 cm³/mol. The maximum Gasteiger partial charge on any atom is 0.356 e. The molecule has 0 spiro atoms. The second-order valence-electron chi connectivity index (χ2n) is 3.62. The minimum absolute atomic E-state index is 0.0417. The number of rotatable bonds is 1. The van der Waals surface area contributed by atoms with Crippen molar-refractivity contribution in [2.75, 3.05) is 0 Å². The first-order valence-corrected chi connectivity index (χ1v) is 4.89. The van der Waals surface area contributed by atoms with Crippen LogP contribution in [0.2, 0.25) is 0 Å². The third-order valence-corrected chi connectivity index (χ3v) is 2.61. The summed E-state index contributed by atoms with van der Waals surface area (Å²) in [6, 6.07) is 4.08. The van der Waals surface area contributed by atoms with E-state index < -0.39 is 11.8 Å². The molecule has 0 saturated heterocycles. The van der Waals surface area contributed by atoms with E-state index in [4.69, 9.17) is 9.84 Å². The average molecular weight is 234 g/mol. The normalized spacial score (nSPS) is 12.5. The largest absolute Gasteiger partial charge is 0.485 e. The number of hydrogen-bond donors (Lipinski definition) is 1. The molecule has 0 atom stereocenters. The molecular formula is C11H7FN2O3. The maximum atomic E-state index is 13.0. The van der Waals surface area contributed by atoms with Crippen molar-refractivity contribution in [2.24, 2.45) is 0 Å². The van der Waals surface area contributed by atoms with Crippen LogP contribution in [0.25, 0.3) is 5.69 Å². The number of fused-ring (bicyclic) bond motifs is 3. The molecule has 86 valence electrons. The molecule has 5 nitrogen and oxygen atoms in total. The van der Waals surface area contributed by atoms with Crippen LogP contribution in [0.1, 0.15) is 16.2 Å². The number of aromatic carboxylic acids is 1. The van der Waals surface area contributed by atoms with Gasteiger partial charge >= 0.3 is 5.97 Å². The number of aromatic nitrogens is 2. The van der Waals surface area contributed by atoms with E-state index in [0.717, 1.165) is 0 Å². The van der Waals surface area contributed by atoms with E-state index >= 15 is 0 Å². The number of imidazole rings is 1. The van der Waals surface area contributed by atoms with Gasteiger partial charge in [-0.15, -0.1) is 0 Å². The van der Waals surface area contributed by atoms with Gasteiger partial charge in [-0.3, -0.25) is 4.57 Å². The van der Waals surface area contributed by atoms with E-state index in [9.17, 15) is 9.18 Å². The van der Waals surface area contributed by atoms with Gasteiger partial charge in [-0.05, 0) is 12.1 Å². The molecule has 0 bridgehead atoms. The monoisotopic (exact) mass is 234 g/mol. The zero-order chi connectivity index (χ0) is 12.0. The highest BCUT2D eigenvalue weighted by Crippen LogP contribution is 2.31. The van der Waals surface area contributed by atoms with Crippen LogP contribution in [0.4, 0.5) is 4.39 Å². The first-order chi connectivity index (χ1) is 8.16. The zero-order valence-corrected chi connectivity index (χ0v) is 8.55. The Labute approximate surface area is 95.1 Å². The van der Waals surface area contributed by atoms with Crippen molar-refractivity contribution >= 4 is 5.97 Å². The SMILES string of the molecule is O=C(O)c1ncn2c1COc1cc(F)ccc1-2. The van der Waals surface area contributed by atoms with Crippen LogP contribution in [-0.2, 0) is 6.61 Å². The molecule has 0 radical (unpaired) electrons. The number of ether oxygens (including phenoxy) is 1. The van der Waals surface area contributed by atoms with Crippen LogP contribution in [0, 0.1) is 5.82 Å². The fraction of sp³-hybridized carbons (Fsp3) is 0.0909. The Balaban J connectivity index is 2.21. The predicted octanol–water partition coefficient (Wildman–Crippen LogP) is 1.60. The number of carbonyl (C=O) groups is 1. The van der Waals surface area contributed by atoms with Crippen LogP contribution in [0.5, 0.6) is 5.75 Å². The minimum atomic E-state index is -1.10. The molecule has 3 rings (SSSR count). The summed E-state index contributed by atoms with van der Waals surface area (Å²) >= 11 is 0. The Morgan fingerprint density at radius 3 is 3.12 bits per heavy atom. The molecule has 2 heterocycles. The Hall–Kier alpha value is -2.37. The Kier molecular flexibility index (Phi) is 1.91. The first-order valence-electron chi connectivity index (χ1n) is 4.89. The lowest BCUT2D eigenvalue weighted by Gasteiger charge is -2.19. The van der Waals surface area contributed by atoms with Crippen LogP contribution in [0.3, 0.4) is 0 Å². The van der Waals surface area contributed by atoms with Gasteiger partial charge in [-0.1, -0.05) is 0 Å². The summed E-state index contributed by atoms with van der Waals surface area (Å²) in [7, 11) is 0. The van der Waals surface area contributed by atoms with Gasteiger partial charge in [-0.2, -0.15) is 0 Å². The van der Waals surface area contributed by atoms with Gasteiger partial charge in [0, 0.05) is 6.07 Å². The molecule has 0 unspecified atom stereocenters. The molecule has 0 aliphatic carbocycles. The maximum absolute atomic E-state index is 13.0. The Bertz CT molecular complexity index is 621. The van der Waals surface area contributed by atoms with Crippen LogP contribution >= 0.6 is 0 Å². The summed E-state index contributed by atoms with van der Waals surface area (Å²) in [5.74, 6) is -1.12. The number of carboxylic acid groups (broad SMARTS) is 1. The third-order valence-electron chi connectivity index (χ3n) is 2.61. The van der Waals surface area contributed by atoms with Crippen molar-refractivity contribution in [3.63, 3.8) is 0 Å². The smallest absolute Gasteiger partial charge is 0.356 e. The van der Waals surface area contributed by atoms with Gasteiger partial charge < -0.3 is 9.84 Å². The van der Waals surface area contributed by atoms with Crippen molar-refractivity contribution < 1.29 is 19.0 Å². The first kappa shape index (κ1) is 9.83. The summed E-state index contributed by atoms with van der Waals surface area (Å²) in [6.45, 7) is 0.0675. The van der Waals surface area contributed by atoms with Gasteiger partial charge in [-0.25, -0.2) is 14.2 Å². The van der Waals surface area contributed by atoms with Gasteiger partial charge in [0.05, 0.1) is 11.4 Å². The lowest BCUT2D eigenvalue weighted by Crippen LogP contribution is -2.15. The highest BCUT2D eigenvalue weighted by atomic mass is 19.1. The quantitative estimate of drug-likeness (QED) is 0.814. The van der Waals surface area contributed by atoms with Crippen molar-refractivity contribution in [3.8, 4) is 11.4 Å². The van der Waals surface area contributed by atoms with E-state index in [2.05, 4.69) is 4.98 Å². The minimum Gasteiger partial charge on any atom is -0.485 e. The zero-order valence-electron chi connectivity index (χ0n) is 8.55. The van der Waals surface area contributed by atoms with Crippen LogP contribution < -0.4 is 4.74 Å². The molecular weight excluding hydrogens is 227 g/mol. The standard InChI is InChI=1S/C11H7FN2O3/c12-6-1-2-7-9(3-6)17-4-8-10(11(15)16)13-5-14(7)8/h1-3,5H,4H2,(H,15,16). The van der Waals surface area contributed by atoms with Gasteiger partial charge in [0.25, 0.3) is 0 Å². The molecule has 0 saturated carbocycles. The highest BCUT2D eigenvalue weighted by molar-refractivity contribution is 5.87. The van der Waals surface area contributed by atoms with Crippen LogP contribution in [0.15, 0.2) is 24.5 Å². The summed E-state index contributed by atoms with van der Waals surface area (Å²) in [4.78, 5) is 14.7. The molecule has 0 amide bonds. The molecule has 1 aromatic carbocycles. The number of nitrogens with zero attached hydrogens (tertiary/aromatic N) is 2. The number of halogens is 1. The van der Waals surface area contributed by atoms with Gasteiger partial charge in [0.2, 0.25) is 0 Å². The number of benzene rings is 1. The lowest BCUT2D eigenvalue weighted by atomic mass is 10.2. The molecule has 1 aliphatic heterocycles. The van der Waals surface area contributed by atoms with E-state index in [0.29, 0.717) is 17.1 Å². The lowest BCUT2D eigenvalue weighted by molar-refractivity contribution is 0.0687. The van der Waals surface area contributed by atoms with E-state index in [1.54, 1.807) is 4.57 Å². The summed E-state index contributed by atoms with van der Waals surface area (Å²) in [5, 5.41) is 8.93. The Morgan fingerprint density at radius 2 is 2.35 bits per heavy atom. The van der Waals surface area contributed by atoms with E-state index in [1.807, 2.05) is 0 Å². The van der Waals surface area contributed by atoms with Crippen molar-refractivity contribution in [3.05, 3.63) is 41.7 Å². The summed E-state index contributed by atoms with van der Waals surface area (Å²) in [6.07, 6.45) is 1.40. The topological polar surface area (TPSA) is 64.3 Å². The van der Waals surface area contributed by atoms with Gasteiger partial charge in [0.1, 0.15) is 24.5 Å². The van der Waals surface area contributed by atoms with Crippen molar-refractivity contribution in [2.45, 2.75) is 6.61 Å². The van der Waals surface area contributed by atoms with Crippen LogP contribution in [-0.4, -0.2) is 20.6 Å². The highest BCUT2D eigenvalue weighted by Gasteiger charge is 2.24. The Morgan fingerprint density at radius 1 is 1.53 bits per heavy atom. The molecule has 2 aromatic rings. The number of carboxylic acids is 1. The molecule has 1 N–H and O–H groups in total. The number of hydrogen-bond acceptors (Lipinski definition) is 3. The fourth-order valence-electron chi connectivity index (χ4n) is 1.85. The third kappa shape index (κ3) is 1.37. The molecule has 6 heteroatoms. The summed E-state index contributed by atoms with van der Waals surface area (Å²) < 4.78 is 19.9. The van der Waals surface area contributed by atoms with E-state index in [1.165, 1.54) is 24.5 Å².